The van der Waals surface area contributed by atoms with Gasteiger partial charge < -0.3 is 35.7 Å². The Bertz CT molecular complexity index is 1250. The maximum absolute atomic E-state index is 13.6. The van der Waals surface area contributed by atoms with Crippen LogP contribution in [0.4, 0.5) is 10.5 Å². The number of carbonyl (C=O) groups is 3. The fourth-order valence-electron chi connectivity index (χ4n) is 4.79. The second-order valence-corrected chi connectivity index (χ2v) is 10.3. The molecular formula is C32H46N6O5. The van der Waals surface area contributed by atoms with Gasteiger partial charge in [-0.3, -0.25) is 9.59 Å². The Morgan fingerprint density at radius 3 is 2.40 bits per heavy atom. The van der Waals surface area contributed by atoms with Crippen molar-refractivity contribution in [3.63, 3.8) is 0 Å². The van der Waals surface area contributed by atoms with Gasteiger partial charge in [0.1, 0.15) is 6.61 Å². The van der Waals surface area contributed by atoms with Gasteiger partial charge in [-0.2, -0.15) is 0 Å². The topological polar surface area (TPSA) is 152 Å². The largest absolute Gasteiger partial charge is 0.448 e. The predicted molar refractivity (Wildman–Crippen MR) is 168 cm³/mol. The molecule has 0 saturated carbocycles. The zero-order valence-corrected chi connectivity index (χ0v) is 25.4. The number of alkyl carbamates (subject to hydrolysis) is 1. The van der Waals surface area contributed by atoms with E-state index in [1.807, 2.05) is 55.5 Å². The SMILES string of the molecule is CCCCCNC(=O)OCCN(N)/C1=C(\N)c2ccccc2N(C(=O)CCNC(=O)CCOCCC)Cc2ccccc21. The number of hydrogen-bond acceptors (Lipinski definition) is 8. The molecule has 3 amide bonds. The van der Waals surface area contributed by atoms with Crippen LogP contribution in [-0.4, -0.2) is 62.4 Å². The molecule has 6 N–H and O–H groups in total. The smallest absolute Gasteiger partial charge is 0.407 e. The minimum Gasteiger partial charge on any atom is -0.448 e. The van der Waals surface area contributed by atoms with Gasteiger partial charge >= 0.3 is 6.09 Å². The summed E-state index contributed by atoms with van der Waals surface area (Å²) in [4.78, 5) is 39.5. The summed E-state index contributed by atoms with van der Waals surface area (Å²) < 4.78 is 10.7. The van der Waals surface area contributed by atoms with E-state index < -0.39 is 6.09 Å². The molecule has 0 aromatic heterocycles. The molecule has 11 heteroatoms. The normalized spacial score (nSPS) is 14.2. The predicted octanol–water partition coefficient (Wildman–Crippen LogP) is 3.73. The van der Waals surface area contributed by atoms with E-state index in [1.54, 1.807) is 4.90 Å². The molecule has 1 aliphatic rings. The van der Waals surface area contributed by atoms with Crippen molar-refractivity contribution in [2.75, 3.05) is 44.4 Å². The molecule has 0 aliphatic carbocycles. The Morgan fingerprint density at radius 1 is 0.884 bits per heavy atom. The van der Waals surface area contributed by atoms with E-state index in [0.29, 0.717) is 42.4 Å². The number of nitrogens with zero attached hydrogens (tertiary/aromatic N) is 2. The maximum atomic E-state index is 13.6. The van der Waals surface area contributed by atoms with E-state index in [0.717, 1.165) is 36.8 Å². The van der Waals surface area contributed by atoms with Crippen molar-refractivity contribution >= 4 is 35.0 Å². The Balaban J connectivity index is 1.76. The first-order chi connectivity index (χ1) is 20.9. The minimum atomic E-state index is -0.481. The monoisotopic (exact) mass is 594 g/mol. The van der Waals surface area contributed by atoms with Crippen LogP contribution >= 0.6 is 0 Å². The molecule has 2 aromatic rings. The van der Waals surface area contributed by atoms with E-state index in [1.165, 1.54) is 5.01 Å². The van der Waals surface area contributed by atoms with Crippen molar-refractivity contribution in [2.45, 2.75) is 58.9 Å². The van der Waals surface area contributed by atoms with Gasteiger partial charge in [-0.05, 0) is 24.5 Å². The zero-order chi connectivity index (χ0) is 31.0. The van der Waals surface area contributed by atoms with Crippen molar-refractivity contribution in [1.29, 1.82) is 0 Å². The molecule has 43 heavy (non-hydrogen) atoms. The molecule has 0 fully saturated rings. The number of rotatable bonds is 16. The summed E-state index contributed by atoms with van der Waals surface area (Å²) >= 11 is 0. The summed E-state index contributed by atoms with van der Waals surface area (Å²) in [6.45, 7) is 6.43. The summed E-state index contributed by atoms with van der Waals surface area (Å²) in [7, 11) is 0. The quantitative estimate of drug-likeness (QED) is 0.130. The summed E-state index contributed by atoms with van der Waals surface area (Å²) in [6, 6.07) is 15.0. The van der Waals surface area contributed by atoms with Crippen LogP contribution in [0.5, 0.6) is 0 Å². The first kappa shape index (κ1) is 33.4. The molecule has 1 aliphatic heterocycles. The lowest BCUT2D eigenvalue weighted by Crippen LogP contribution is -2.39. The standard InChI is InChI=1S/C32H46N6O5/c1-3-5-10-17-36-32(41)43-22-19-38(34)31-25-12-7-6-11-24(25)23-37(27-14-9-8-13-26(27)30(31)33)29(40)15-18-35-28(39)16-21-42-20-4-2/h6-9,11-14H,3-5,10,15-23,33-34H2,1-2H3,(H,35,39)(H,36,41)/b31-30-. The van der Waals surface area contributed by atoms with Crippen LogP contribution in [0, 0.1) is 0 Å². The Morgan fingerprint density at radius 2 is 1.63 bits per heavy atom. The molecule has 1 heterocycles. The van der Waals surface area contributed by atoms with Gasteiger partial charge in [0.2, 0.25) is 11.8 Å². The van der Waals surface area contributed by atoms with Gasteiger partial charge in [-0.15, -0.1) is 0 Å². The number of unbranched alkanes of at least 4 members (excludes halogenated alkanes) is 2. The lowest BCUT2D eigenvalue weighted by Gasteiger charge is -2.33. The number of anilines is 1. The first-order valence-corrected chi connectivity index (χ1v) is 15.1. The van der Waals surface area contributed by atoms with Crippen molar-refractivity contribution in [2.24, 2.45) is 11.6 Å². The van der Waals surface area contributed by atoms with Crippen LogP contribution < -0.4 is 27.1 Å². The summed E-state index contributed by atoms with van der Waals surface area (Å²) in [5.74, 6) is 6.25. The van der Waals surface area contributed by atoms with Crippen LogP contribution in [0.1, 0.15) is 69.1 Å². The third-order valence-electron chi connectivity index (χ3n) is 7.03. The van der Waals surface area contributed by atoms with Crippen LogP contribution in [0.15, 0.2) is 48.5 Å². The van der Waals surface area contributed by atoms with E-state index in [4.69, 9.17) is 21.1 Å². The van der Waals surface area contributed by atoms with Crippen molar-refractivity contribution in [3.8, 4) is 0 Å². The summed E-state index contributed by atoms with van der Waals surface area (Å²) in [6.07, 6.45) is 3.80. The average Bonchev–Trinajstić information content (AvgIpc) is 3.00. The summed E-state index contributed by atoms with van der Waals surface area (Å²) in [5.41, 5.74) is 10.7. The lowest BCUT2D eigenvalue weighted by molar-refractivity contribution is -0.122. The maximum Gasteiger partial charge on any atom is 0.407 e. The van der Waals surface area contributed by atoms with Crippen LogP contribution in [0.2, 0.25) is 0 Å². The molecule has 0 unspecified atom stereocenters. The number of ether oxygens (including phenoxy) is 2. The minimum absolute atomic E-state index is 0.0672. The lowest BCUT2D eigenvalue weighted by atomic mass is 9.95. The highest BCUT2D eigenvalue weighted by molar-refractivity contribution is 6.01. The van der Waals surface area contributed by atoms with Gasteiger partial charge in [0.25, 0.3) is 0 Å². The Kier molecular flexibility index (Phi) is 13.8. The van der Waals surface area contributed by atoms with E-state index in [2.05, 4.69) is 17.6 Å². The molecule has 0 spiro atoms. The van der Waals surface area contributed by atoms with Gasteiger partial charge in [0.05, 0.1) is 36.8 Å². The number of fused-ring (bicyclic) bond motifs is 2. The fraction of sp³-hybridized carbons (Fsp3) is 0.469. The van der Waals surface area contributed by atoms with Crippen molar-refractivity contribution in [1.82, 2.24) is 15.6 Å². The van der Waals surface area contributed by atoms with Crippen molar-refractivity contribution < 1.29 is 23.9 Å². The van der Waals surface area contributed by atoms with Gasteiger partial charge in [0, 0.05) is 43.7 Å². The first-order valence-electron chi connectivity index (χ1n) is 15.1. The van der Waals surface area contributed by atoms with Crippen LogP contribution in [-0.2, 0) is 25.6 Å². The number of benzene rings is 2. The number of carbonyl (C=O) groups excluding carboxylic acids is 3. The number of hydrogen-bond donors (Lipinski definition) is 4. The van der Waals surface area contributed by atoms with E-state index >= 15 is 0 Å². The number of nitrogens with one attached hydrogen (secondary N) is 2. The number of hydrazine groups is 1. The molecule has 0 saturated heterocycles. The molecular weight excluding hydrogens is 548 g/mol. The number of amides is 3. The van der Waals surface area contributed by atoms with Gasteiger partial charge in [-0.1, -0.05) is 69.2 Å². The van der Waals surface area contributed by atoms with E-state index in [-0.39, 0.29) is 50.9 Å². The van der Waals surface area contributed by atoms with Crippen LogP contribution in [0.3, 0.4) is 0 Å². The van der Waals surface area contributed by atoms with E-state index in [9.17, 15) is 14.4 Å². The third-order valence-corrected chi connectivity index (χ3v) is 7.03. The average molecular weight is 595 g/mol. The van der Waals surface area contributed by atoms with Crippen molar-refractivity contribution in [3.05, 3.63) is 65.2 Å². The highest BCUT2D eigenvalue weighted by Gasteiger charge is 2.27. The Labute approximate surface area is 254 Å². The zero-order valence-electron chi connectivity index (χ0n) is 25.4. The molecule has 0 radical (unpaired) electrons. The highest BCUT2D eigenvalue weighted by Crippen LogP contribution is 2.36. The van der Waals surface area contributed by atoms with Gasteiger partial charge in [0.15, 0.2) is 0 Å². The van der Waals surface area contributed by atoms with Crippen LogP contribution in [0.25, 0.3) is 11.4 Å². The highest BCUT2D eigenvalue weighted by atomic mass is 16.5. The molecule has 234 valence electrons. The molecule has 0 bridgehead atoms. The number of nitrogens with two attached hydrogens (primary N) is 2. The Hall–Kier alpha value is -4.09. The third kappa shape index (κ3) is 10.0. The van der Waals surface area contributed by atoms with Gasteiger partial charge in [-0.25, -0.2) is 10.6 Å². The fourth-order valence-corrected chi connectivity index (χ4v) is 4.79. The second-order valence-electron chi connectivity index (χ2n) is 10.3. The number of para-hydroxylation sites is 1. The molecule has 0 atom stereocenters. The summed E-state index contributed by atoms with van der Waals surface area (Å²) in [5, 5.41) is 7.06. The molecule has 11 nitrogen and oxygen atoms in total. The molecule has 2 aromatic carbocycles. The molecule has 3 rings (SSSR count). The second kappa shape index (κ2) is 17.8.